The summed E-state index contributed by atoms with van der Waals surface area (Å²) in [5.41, 5.74) is 2.15. The minimum absolute atomic E-state index is 0.0217. The molecule has 0 aliphatic carbocycles. The molecule has 3 N–H and O–H groups in total. The van der Waals surface area contributed by atoms with Crippen molar-refractivity contribution in [1.29, 1.82) is 0 Å². The number of fused-ring (bicyclic) bond motifs is 1. The number of aromatic nitrogens is 1. The van der Waals surface area contributed by atoms with Crippen LogP contribution in [0.2, 0.25) is 0 Å². The minimum atomic E-state index is -1.16. The summed E-state index contributed by atoms with van der Waals surface area (Å²) < 4.78 is 17.5. The summed E-state index contributed by atoms with van der Waals surface area (Å²) in [5.74, 6) is -1.11. The van der Waals surface area contributed by atoms with E-state index < -0.39 is 11.9 Å². The molecule has 0 fully saturated rings. The van der Waals surface area contributed by atoms with E-state index in [0.29, 0.717) is 22.7 Å². The van der Waals surface area contributed by atoms with Crippen LogP contribution in [0.25, 0.3) is 5.69 Å². The van der Waals surface area contributed by atoms with Crippen LogP contribution in [-0.4, -0.2) is 48.0 Å². The number of ether oxygens (including phenoxy) is 3. The number of carboxylic acids is 1. The summed E-state index contributed by atoms with van der Waals surface area (Å²) >= 11 is 0. The molecule has 0 radical (unpaired) electrons. The van der Waals surface area contributed by atoms with Crippen LogP contribution >= 0.6 is 0 Å². The first-order chi connectivity index (χ1) is 15.4. The Morgan fingerprint density at radius 2 is 1.69 bits per heavy atom. The molecule has 1 amide bonds. The lowest BCUT2D eigenvalue weighted by Gasteiger charge is -2.27. The number of methoxy groups -OCH3 is 3. The van der Waals surface area contributed by atoms with Crippen molar-refractivity contribution in [3.05, 3.63) is 59.4 Å². The largest absolute Gasteiger partial charge is 0.502 e. The van der Waals surface area contributed by atoms with Crippen molar-refractivity contribution in [2.24, 2.45) is 0 Å². The van der Waals surface area contributed by atoms with Gasteiger partial charge >= 0.3 is 5.97 Å². The van der Waals surface area contributed by atoms with Gasteiger partial charge in [0.2, 0.25) is 11.7 Å². The lowest BCUT2D eigenvalue weighted by atomic mass is 9.87. The molecule has 0 bridgehead atoms. The summed E-state index contributed by atoms with van der Waals surface area (Å²) in [5, 5.41) is 22.8. The van der Waals surface area contributed by atoms with E-state index in [9.17, 15) is 19.8 Å². The van der Waals surface area contributed by atoms with Crippen LogP contribution < -0.4 is 19.5 Å². The molecular formula is C23H22N2O7. The normalized spacial score (nSPS) is 15.0. The highest BCUT2D eigenvalue weighted by Crippen LogP contribution is 2.46. The predicted octanol–water partition coefficient (Wildman–Crippen LogP) is 3.38. The average Bonchev–Trinajstić information content (AvgIpc) is 3.18. The highest BCUT2D eigenvalue weighted by atomic mass is 16.5. The van der Waals surface area contributed by atoms with E-state index in [4.69, 9.17) is 14.2 Å². The number of aromatic carboxylic acids is 1. The number of rotatable bonds is 6. The highest BCUT2D eigenvalue weighted by Gasteiger charge is 2.35. The van der Waals surface area contributed by atoms with Crippen LogP contribution in [0.15, 0.2) is 42.6 Å². The van der Waals surface area contributed by atoms with Crippen LogP contribution in [0, 0.1) is 0 Å². The Kier molecular flexibility index (Phi) is 5.40. The van der Waals surface area contributed by atoms with Gasteiger partial charge in [0.1, 0.15) is 11.3 Å². The van der Waals surface area contributed by atoms with Crippen molar-refractivity contribution in [3.63, 3.8) is 0 Å². The van der Waals surface area contributed by atoms with Gasteiger partial charge in [-0.1, -0.05) is 0 Å². The van der Waals surface area contributed by atoms with Gasteiger partial charge in [-0.05, 0) is 42.0 Å². The lowest BCUT2D eigenvalue weighted by molar-refractivity contribution is -0.116. The number of amides is 1. The van der Waals surface area contributed by atoms with Crippen molar-refractivity contribution in [1.82, 2.24) is 4.57 Å². The first-order valence-corrected chi connectivity index (χ1v) is 9.75. The SMILES string of the molecule is COc1ccc(-n2cc(C(=O)O)c3c2[C@@H](c2cc(OC)c(O)c(OC)c2)CC(=O)N3)cc1. The summed E-state index contributed by atoms with van der Waals surface area (Å²) in [6.45, 7) is 0. The Hall–Kier alpha value is -4.14. The number of nitrogens with one attached hydrogen (secondary N) is 1. The fraction of sp³-hybridized carbons (Fsp3) is 0.217. The second-order valence-corrected chi connectivity index (χ2v) is 7.26. The van der Waals surface area contributed by atoms with E-state index in [1.54, 1.807) is 48.1 Å². The van der Waals surface area contributed by atoms with Gasteiger partial charge in [-0.25, -0.2) is 4.79 Å². The zero-order valence-corrected chi connectivity index (χ0v) is 17.7. The van der Waals surface area contributed by atoms with Crippen molar-refractivity contribution in [2.45, 2.75) is 12.3 Å². The number of carbonyl (C=O) groups excluding carboxylic acids is 1. The Morgan fingerprint density at radius 1 is 1.06 bits per heavy atom. The average molecular weight is 438 g/mol. The minimum Gasteiger partial charge on any atom is -0.502 e. The van der Waals surface area contributed by atoms with Gasteiger partial charge in [0.25, 0.3) is 0 Å². The Morgan fingerprint density at radius 3 is 2.22 bits per heavy atom. The zero-order valence-electron chi connectivity index (χ0n) is 17.7. The molecule has 1 aromatic heterocycles. The molecule has 4 rings (SSSR count). The molecule has 1 aliphatic rings. The summed E-state index contributed by atoms with van der Waals surface area (Å²) in [4.78, 5) is 24.5. The van der Waals surface area contributed by atoms with Crippen molar-refractivity contribution in [2.75, 3.05) is 26.6 Å². The van der Waals surface area contributed by atoms with Gasteiger partial charge in [0.05, 0.1) is 32.7 Å². The number of anilines is 1. The zero-order chi connectivity index (χ0) is 23.0. The molecule has 32 heavy (non-hydrogen) atoms. The standard InChI is InChI=1S/C23H22N2O7/c1-30-14-6-4-13(5-7-14)25-11-16(23(28)29)20-21(25)15(10-19(26)24-20)12-8-17(31-2)22(27)18(9-12)32-3/h4-9,11,15,27H,10H2,1-3H3,(H,24,26)(H,28,29)/t15-/m1/s1. The number of nitrogens with zero attached hydrogens (tertiary/aromatic N) is 1. The van der Waals surface area contributed by atoms with Gasteiger partial charge < -0.3 is 34.3 Å². The van der Waals surface area contributed by atoms with Crippen molar-refractivity contribution < 1.29 is 34.0 Å². The smallest absolute Gasteiger partial charge is 0.339 e. The molecule has 0 saturated carbocycles. The fourth-order valence-corrected chi connectivity index (χ4v) is 3.98. The number of hydrogen-bond acceptors (Lipinski definition) is 6. The molecule has 0 unspecified atom stereocenters. The molecule has 9 heteroatoms. The van der Waals surface area contributed by atoms with Crippen LogP contribution in [0.1, 0.15) is 34.0 Å². The number of phenols is 1. The van der Waals surface area contributed by atoms with E-state index in [2.05, 4.69) is 5.32 Å². The second kappa shape index (κ2) is 8.18. The van der Waals surface area contributed by atoms with E-state index in [1.165, 1.54) is 20.4 Å². The number of aromatic hydroxyl groups is 1. The Labute approximate surface area is 183 Å². The van der Waals surface area contributed by atoms with Crippen LogP contribution in [0.4, 0.5) is 5.69 Å². The molecule has 0 saturated heterocycles. The van der Waals surface area contributed by atoms with Gasteiger partial charge in [0.15, 0.2) is 11.5 Å². The van der Waals surface area contributed by atoms with Gasteiger partial charge in [-0.15, -0.1) is 0 Å². The van der Waals surface area contributed by atoms with Gasteiger partial charge in [0, 0.05) is 24.2 Å². The molecule has 2 aromatic carbocycles. The number of hydrogen-bond donors (Lipinski definition) is 3. The summed E-state index contributed by atoms with van der Waals surface area (Å²) in [7, 11) is 4.39. The molecule has 0 spiro atoms. The first-order valence-electron chi connectivity index (χ1n) is 9.75. The fourth-order valence-electron chi connectivity index (χ4n) is 3.98. The number of carbonyl (C=O) groups is 2. The third-order valence-electron chi connectivity index (χ3n) is 5.51. The Balaban J connectivity index is 1.96. The van der Waals surface area contributed by atoms with E-state index in [0.717, 1.165) is 0 Å². The Bertz CT molecular complexity index is 1170. The molecule has 9 nitrogen and oxygen atoms in total. The summed E-state index contributed by atoms with van der Waals surface area (Å²) in [6, 6.07) is 10.4. The quantitative estimate of drug-likeness (QED) is 0.540. The first kappa shape index (κ1) is 21.1. The third-order valence-corrected chi connectivity index (χ3v) is 5.51. The van der Waals surface area contributed by atoms with Gasteiger partial charge in [-0.2, -0.15) is 0 Å². The van der Waals surface area contributed by atoms with E-state index in [-0.39, 0.29) is 40.8 Å². The lowest BCUT2D eigenvalue weighted by Crippen LogP contribution is -2.25. The molecule has 2 heterocycles. The maximum Gasteiger partial charge on any atom is 0.339 e. The van der Waals surface area contributed by atoms with Crippen molar-refractivity contribution >= 4 is 17.6 Å². The van der Waals surface area contributed by atoms with Crippen LogP contribution in [-0.2, 0) is 4.79 Å². The molecule has 1 aliphatic heterocycles. The van der Waals surface area contributed by atoms with Gasteiger partial charge in [-0.3, -0.25) is 4.79 Å². The molecule has 1 atom stereocenters. The second-order valence-electron chi connectivity index (χ2n) is 7.26. The highest BCUT2D eigenvalue weighted by molar-refractivity contribution is 6.04. The van der Waals surface area contributed by atoms with Crippen LogP contribution in [0.3, 0.4) is 0 Å². The number of phenolic OH excluding ortho intramolecular Hbond substituents is 1. The topological polar surface area (TPSA) is 119 Å². The predicted molar refractivity (Wildman–Crippen MR) is 116 cm³/mol. The number of carboxylic acid groups (broad SMARTS) is 1. The number of benzene rings is 2. The molecular weight excluding hydrogens is 416 g/mol. The maximum atomic E-state index is 12.5. The third kappa shape index (κ3) is 3.47. The van der Waals surface area contributed by atoms with Crippen molar-refractivity contribution in [3.8, 4) is 28.7 Å². The molecule has 3 aromatic rings. The van der Waals surface area contributed by atoms with Crippen LogP contribution in [0.5, 0.6) is 23.0 Å². The maximum absolute atomic E-state index is 12.5. The summed E-state index contributed by atoms with van der Waals surface area (Å²) in [6.07, 6.45) is 1.56. The molecule has 166 valence electrons. The monoisotopic (exact) mass is 438 g/mol. The van der Waals surface area contributed by atoms with E-state index in [1.807, 2.05) is 0 Å². The van der Waals surface area contributed by atoms with E-state index >= 15 is 0 Å².